The van der Waals surface area contributed by atoms with E-state index in [0.717, 1.165) is 109 Å². The van der Waals surface area contributed by atoms with E-state index in [1.54, 1.807) is 0 Å². The summed E-state index contributed by atoms with van der Waals surface area (Å²) in [6.45, 7) is 5.48. The van der Waals surface area contributed by atoms with E-state index >= 15 is 0 Å². The first-order valence-corrected chi connectivity index (χ1v) is 17.5. The zero-order valence-corrected chi connectivity index (χ0v) is 28.1. The summed E-state index contributed by atoms with van der Waals surface area (Å²) in [7, 11) is 0. The number of aryl methyl sites for hydroxylation is 2. The fourth-order valence-electron chi connectivity index (χ4n) is 6.25. The summed E-state index contributed by atoms with van der Waals surface area (Å²) in [6, 6.07) is 26.1. The average molecular weight is 643 g/mol. The fraction of sp³-hybridized carbons (Fsp3) is 0.350. The van der Waals surface area contributed by atoms with Crippen LogP contribution >= 0.6 is 0 Å². The second kappa shape index (κ2) is 15.7. The van der Waals surface area contributed by atoms with Crippen molar-refractivity contribution in [2.45, 2.75) is 78.1 Å². The molecule has 0 atom stereocenters. The highest BCUT2D eigenvalue weighted by molar-refractivity contribution is 5.93. The number of hydrogen-bond acceptors (Lipinski definition) is 4. The van der Waals surface area contributed by atoms with E-state index in [4.69, 9.17) is 9.97 Å². The third kappa shape index (κ3) is 8.29. The summed E-state index contributed by atoms with van der Waals surface area (Å²) < 4.78 is 0. The first-order chi connectivity index (χ1) is 23.5. The minimum atomic E-state index is 0.138. The highest BCUT2D eigenvalue weighted by Gasteiger charge is 2.09. The monoisotopic (exact) mass is 642 g/mol. The number of fused-ring (bicyclic) bond motifs is 3. The molecule has 0 spiro atoms. The van der Waals surface area contributed by atoms with Gasteiger partial charge in [0.25, 0.3) is 0 Å². The normalized spacial score (nSPS) is 11.5. The summed E-state index contributed by atoms with van der Waals surface area (Å²) in [5, 5.41) is 8.36. The van der Waals surface area contributed by atoms with Gasteiger partial charge in [-0.3, -0.25) is 9.59 Å². The number of benzene rings is 4. The minimum Gasteiger partial charge on any atom is -0.356 e. The van der Waals surface area contributed by atoms with Gasteiger partial charge in [-0.1, -0.05) is 50.2 Å². The number of H-pyrrole nitrogens is 2. The van der Waals surface area contributed by atoms with Crippen LogP contribution in [0.5, 0.6) is 0 Å². The van der Waals surface area contributed by atoms with E-state index in [1.165, 1.54) is 21.9 Å². The van der Waals surface area contributed by atoms with Gasteiger partial charge in [-0.15, -0.1) is 0 Å². The van der Waals surface area contributed by atoms with Crippen molar-refractivity contribution in [1.29, 1.82) is 0 Å². The van der Waals surface area contributed by atoms with Gasteiger partial charge in [-0.05, 0) is 108 Å². The van der Waals surface area contributed by atoms with Crippen molar-refractivity contribution < 1.29 is 9.59 Å². The molecule has 4 aromatic carbocycles. The van der Waals surface area contributed by atoms with Crippen LogP contribution in [-0.4, -0.2) is 44.8 Å². The smallest absolute Gasteiger partial charge is 0.219 e. The van der Waals surface area contributed by atoms with Crippen LogP contribution in [0.3, 0.4) is 0 Å². The van der Waals surface area contributed by atoms with Gasteiger partial charge in [-0.25, -0.2) is 9.97 Å². The van der Waals surface area contributed by atoms with E-state index in [9.17, 15) is 9.59 Å². The van der Waals surface area contributed by atoms with Crippen LogP contribution in [0, 0.1) is 0 Å². The van der Waals surface area contributed by atoms with Crippen molar-refractivity contribution in [3.05, 3.63) is 84.4 Å². The molecule has 0 saturated heterocycles. The maximum atomic E-state index is 11.7. The number of aromatic amines is 2. The molecule has 248 valence electrons. The summed E-state index contributed by atoms with van der Waals surface area (Å²) in [6.07, 6.45) is 8.52. The first kappa shape index (κ1) is 32.9. The van der Waals surface area contributed by atoms with Gasteiger partial charge in [0.05, 0.1) is 22.1 Å². The predicted octanol–water partition coefficient (Wildman–Crippen LogP) is 8.40. The summed E-state index contributed by atoms with van der Waals surface area (Å²) >= 11 is 0. The van der Waals surface area contributed by atoms with Crippen LogP contribution in [-0.2, 0) is 22.4 Å². The Hall–Kier alpha value is -4.98. The van der Waals surface area contributed by atoms with Crippen LogP contribution in [0.1, 0.15) is 76.9 Å². The standard InChI is InChI=1S/C40H46N6O2/c1-3-9-39(47)41-21-7-5-11-37-43-33-19-17-31(25-35(33)45-37)29-15-13-28-24-30(16-14-27(28)23-29)32-18-20-34-36(26-32)46-38(44-34)12-6-8-22-42-40(48)10-4-2/h13-20,23-26H,3-12,21-22H2,1-2H3,(H,41,47)(H,42,48)(H,43,45)(H,44,46). The molecular weight excluding hydrogens is 596 g/mol. The SMILES string of the molecule is CCCC(=O)NCCCCc1nc2ccc(-c3ccc4cc(-c5ccc6nc(CCCCNC(=O)CCC)[nH]c6c5)ccc4c3)cc2[nH]1. The molecule has 0 aliphatic carbocycles. The third-order valence-corrected chi connectivity index (χ3v) is 8.85. The van der Waals surface area contributed by atoms with Crippen molar-refractivity contribution in [2.24, 2.45) is 0 Å². The third-order valence-electron chi connectivity index (χ3n) is 8.85. The average Bonchev–Trinajstić information content (AvgIpc) is 3.70. The summed E-state index contributed by atoms with van der Waals surface area (Å²) in [4.78, 5) is 39.9. The number of unbranched alkanes of at least 4 members (excludes halogenated alkanes) is 2. The van der Waals surface area contributed by atoms with Gasteiger partial charge in [0.2, 0.25) is 11.8 Å². The molecule has 8 nitrogen and oxygen atoms in total. The number of aromatic nitrogens is 4. The maximum absolute atomic E-state index is 11.7. The fourth-order valence-corrected chi connectivity index (χ4v) is 6.25. The Kier molecular flexibility index (Phi) is 10.8. The number of nitrogens with one attached hydrogen (secondary N) is 4. The van der Waals surface area contributed by atoms with E-state index in [-0.39, 0.29) is 11.8 Å². The summed E-state index contributed by atoms with van der Waals surface area (Å²) in [5.41, 5.74) is 8.70. The predicted molar refractivity (Wildman–Crippen MR) is 196 cm³/mol. The van der Waals surface area contributed by atoms with Gasteiger partial charge in [0, 0.05) is 38.8 Å². The van der Waals surface area contributed by atoms with Crippen LogP contribution in [0.25, 0.3) is 55.1 Å². The maximum Gasteiger partial charge on any atom is 0.219 e. The molecule has 0 radical (unpaired) electrons. The molecule has 48 heavy (non-hydrogen) atoms. The molecule has 2 heterocycles. The lowest BCUT2D eigenvalue weighted by atomic mass is 9.97. The first-order valence-electron chi connectivity index (χ1n) is 17.5. The highest BCUT2D eigenvalue weighted by Crippen LogP contribution is 2.31. The van der Waals surface area contributed by atoms with Crippen molar-refractivity contribution in [2.75, 3.05) is 13.1 Å². The molecule has 8 heteroatoms. The topological polar surface area (TPSA) is 116 Å². The van der Waals surface area contributed by atoms with Gasteiger partial charge >= 0.3 is 0 Å². The molecule has 2 amide bonds. The van der Waals surface area contributed by atoms with Crippen LogP contribution in [0.15, 0.2) is 72.8 Å². The van der Waals surface area contributed by atoms with Crippen LogP contribution < -0.4 is 10.6 Å². The number of imidazole rings is 2. The molecule has 0 bridgehead atoms. The number of rotatable bonds is 16. The molecule has 0 saturated carbocycles. The van der Waals surface area contributed by atoms with Crippen molar-refractivity contribution in [3.63, 3.8) is 0 Å². The minimum absolute atomic E-state index is 0.138. The lowest BCUT2D eigenvalue weighted by Gasteiger charge is -2.07. The second-order valence-corrected chi connectivity index (χ2v) is 12.7. The number of amides is 2. The van der Waals surface area contributed by atoms with E-state index in [1.807, 2.05) is 13.8 Å². The number of carbonyl (C=O) groups is 2. The Morgan fingerprint density at radius 3 is 1.42 bits per heavy atom. The van der Waals surface area contributed by atoms with E-state index in [0.29, 0.717) is 12.8 Å². The Balaban J connectivity index is 1.08. The second-order valence-electron chi connectivity index (χ2n) is 12.7. The van der Waals surface area contributed by atoms with Gasteiger partial charge in [-0.2, -0.15) is 0 Å². The van der Waals surface area contributed by atoms with Crippen LogP contribution in [0.2, 0.25) is 0 Å². The number of nitrogens with zero attached hydrogens (tertiary/aromatic N) is 2. The largest absolute Gasteiger partial charge is 0.356 e. The Bertz CT molecular complexity index is 1880. The molecular formula is C40H46N6O2. The van der Waals surface area contributed by atoms with Gasteiger partial charge < -0.3 is 20.6 Å². The van der Waals surface area contributed by atoms with Crippen molar-refractivity contribution in [3.8, 4) is 22.3 Å². The van der Waals surface area contributed by atoms with Gasteiger partial charge in [0.1, 0.15) is 11.6 Å². The number of carbonyl (C=O) groups excluding carboxylic acids is 2. The molecule has 6 aromatic rings. The van der Waals surface area contributed by atoms with Gasteiger partial charge in [0.15, 0.2) is 0 Å². The summed E-state index contributed by atoms with van der Waals surface area (Å²) in [5.74, 6) is 2.25. The lowest BCUT2D eigenvalue weighted by molar-refractivity contribution is -0.121. The Morgan fingerprint density at radius 2 is 0.979 bits per heavy atom. The van der Waals surface area contributed by atoms with Crippen LogP contribution in [0.4, 0.5) is 0 Å². The van der Waals surface area contributed by atoms with Crippen molar-refractivity contribution >= 4 is 44.7 Å². The molecule has 0 fully saturated rings. The molecule has 0 aliphatic rings. The molecule has 2 aromatic heterocycles. The van der Waals surface area contributed by atoms with E-state index in [2.05, 4.69) is 93.4 Å². The zero-order valence-electron chi connectivity index (χ0n) is 28.1. The van der Waals surface area contributed by atoms with E-state index < -0.39 is 0 Å². The quantitative estimate of drug-likeness (QED) is 0.0794. The Labute approximate surface area is 282 Å². The molecule has 4 N–H and O–H groups in total. The highest BCUT2D eigenvalue weighted by atomic mass is 16.2. The number of hydrogen-bond donors (Lipinski definition) is 4. The lowest BCUT2D eigenvalue weighted by Crippen LogP contribution is -2.23. The van der Waals surface area contributed by atoms with Crippen molar-refractivity contribution in [1.82, 2.24) is 30.6 Å². The molecule has 0 aliphatic heterocycles. The Morgan fingerprint density at radius 1 is 0.562 bits per heavy atom. The zero-order chi connectivity index (χ0) is 33.3. The molecule has 6 rings (SSSR count). The molecule has 0 unspecified atom stereocenters.